The maximum atomic E-state index is 2.46. The minimum absolute atomic E-state index is 0.929. The van der Waals surface area contributed by atoms with Crippen molar-refractivity contribution >= 4 is 0 Å². The molecule has 1 aromatic carbocycles. The van der Waals surface area contributed by atoms with Gasteiger partial charge in [0, 0.05) is 0 Å². The Morgan fingerprint density at radius 2 is 1.54 bits per heavy atom. The zero-order valence-electron chi connectivity index (χ0n) is 17.2. The van der Waals surface area contributed by atoms with E-state index in [4.69, 9.17) is 0 Å². The van der Waals surface area contributed by atoms with Crippen molar-refractivity contribution in [3.05, 3.63) is 34.9 Å². The van der Waals surface area contributed by atoms with Gasteiger partial charge in [-0.3, -0.25) is 0 Å². The highest BCUT2D eigenvalue weighted by Gasteiger charge is 2.12. The molecule has 138 valence electrons. The van der Waals surface area contributed by atoms with E-state index >= 15 is 0 Å². The predicted octanol–water partition coefficient (Wildman–Crippen LogP) is 7.77. The van der Waals surface area contributed by atoms with E-state index in [1.165, 1.54) is 70.6 Å². The predicted molar refractivity (Wildman–Crippen MR) is 110 cm³/mol. The molecule has 0 aromatic heterocycles. The molecule has 1 unspecified atom stereocenters. The number of rotatable bonds is 11. The molecule has 0 amide bonds. The van der Waals surface area contributed by atoms with Crippen LogP contribution in [0.1, 0.15) is 103 Å². The van der Waals surface area contributed by atoms with Gasteiger partial charge in [0.15, 0.2) is 0 Å². The summed E-state index contributed by atoms with van der Waals surface area (Å²) in [4.78, 5) is 0. The van der Waals surface area contributed by atoms with Crippen LogP contribution in [-0.4, -0.2) is 0 Å². The first-order valence-corrected chi connectivity index (χ1v) is 10.8. The number of unbranched alkanes of at least 4 members (excludes halogenated alkanes) is 3. The maximum absolute atomic E-state index is 2.46. The average molecular weight is 331 g/mol. The van der Waals surface area contributed by atoms with E-state index in [1.807, 2.05) is 13.8 Å². The third kappa shape index (κ3) is 7.41. The molecule has 0 bridgehead atoms. The minimum atomic E-state index is 0.929. The maximum Gasteiger partial charge on any atom is -0.0235 e. The quantitative estimate of drug-likeness (QED) is 0.363. The molecule has 0 spiro atoms. The van der Waals surface area contributed by atoms with Gasteiger partial charge in [-0.2, -0.15) is 0 Å². The van der Waals surface area contributed by atoms with Crippen LogP contribution in [0, 0.1) is 11.8 Å². The summed E-state index contributed by atoms with van der Waals surface area (Å²) in [5.74, 6) is 1.89. The van der Waals surface area contributed by atoms with Crippen LogP contribution in [0.5, 0.6) is 0 Å². The molecule has 0 saturated heterocycles. The lowest BCUT2D eigenvalue weighted by Gasteiger charge is -2.19. The van der Waals surface area contributed by atoms with Gasteiger partial charge >= 0.3 is 0 Å². The van der Waals surface area contributed by atoms with E-state index in [-0.39, 0.29) is 0 Å². The van der Waals surface area contributed by atoms with Crippen molar-refractivity contribution < 1.29 is 0 Å². The SMILES string of the molecule is CC.CCC(CC)CC(C)CCCCCCc1ccc2c(c1)CC2. The summed E-state index contributed by atoms with van der Waals surface area (Å²) in [5.41, 5.74) is 4.78. The van der Waals surface area contributed by atoms with E-state index < -0.39 is 0 Å². The van der Waals surface area contributed by atoms with Gasteiger partial charge in [0.25, 0.3) is 0 Å². The second kappa shape index (κ2) is 12.6. The fraction of sp³-hybridized carbons (Fsp3) is 0.750. The minimum Gasteiger partial charge on any atom is -0.0683 e. The molecule has 1 atom stereocenters. The molecule has 0 nitrogen and oxygen atoms in total. The van der Waals surface area contributed by atoms with Crippen LogP contribution in [0.15, 0.2) is 18.2 Å². The Morgan fingerprint density at radius 1 is 0.875 bits per heavy atom. The Hall–Kier alpha value is -0.780. The largest absolute Gasteiger partial charge is 0.0683 e. The van der Waals surface area contributed by atoms with Crippen molar-refractivity contribution in [2.75, 3.05) is 0 Å². The van der Waals surface area contributed by atoms with Crippen LogP contribution in [-0.2, 0) is 19.3 Å². The molecule has 1 aliphatic rings. The molecule has 0 fully saturated rings. The van der Waals surface area contributed by atoms with Gasteiger partial charge in [0.2, 0.25) is 0 Å². The number of aryl methyl sites for hydroxylation is 3. The lowest BCUT2D eigenvalue weighted by Crippen LogP contribution is -2.08. The molecule has 1 aliphatic carbocycles. The first-order chi connectivity index (χ1) is 11.7. The molecular formula is C24H42. The topological polar surface area (TPSA) is 0 Å². The third-order valence-electron chi connectivity index (χ3n) is 5.74. The molecule has 0 radical (unpaired) electrons. The lowest BCUT2D eigenvalue weighted by molar-refractivity contribution is 0.347. The van der Waals surface area contributed by atoms with Crippen molar-refractivity contribution in [2.24, 2.45) is 11.8 Å². The Labute approximate surface area is 152 Å². The van der Waals surface area contributed by atoms with E-state index in [2.05, 4.69) is 39.0 Å². The highest BCUT2D eigenvalue weighted by Crippen LogP contribution is 2.25. The standard InChI is InChI=1S/C22H36.C2H6/c1-4-19(5-2)16-18(3)10-8-6-7-9-11-20-12-13-21-14-15-22(21)17-20;1-2/h12-13,17-19H,4-11,14-16H2,1-3H3;1-2H3. The number of hydrogen-bond donors (Lipinski definition) is 0. The summed E-state index contributed by atoms with van der Waals surface area (Å²) >= 11 is 0. The van der Waals surface area contributed by atoms with Crippen molar-refractivity contribution in [3.8, 4) is 0 Å². The zero-order chi connectivity index (χ0) is 17.8. The second-order valence-corrected chi connectivity index (χ2v) is 7.58. The van der Waals surface area contributed by atoms with Gasteiger partial charge in [-0.05, 0) is 60.6 Å². The van der Waals surface area contributed by atoms with Crippen LogP contribution in [0.25, 0.3) is 0 Å². The van der Waals surface area contributed by atoms with Crippen molar-refractivity contribution in [1.29, 1.82) is 0 Å². The fourth-order valence-corrected chi connectivity index (χ4v) is 3.89. The summed E-state index contributed by atoms with van der Waals surface area (Å²) in [6, 6.07) is 7.17. The van der Waals surface area contributed by atoms with Crippen LogP contribution < -0.4 is 0 Å². The zero-order valence-corrected chi connectivity index (χ0v) is 17.2. The Morgan fingerprint density at radius 3 is 2.12 bits per heavy atom. The molecule has 24 heavy (non-hydrogen) atoms. The Kier molecular flexibility index (Phi) is 11.1. The van der Waals surface area contributed by atoms with Gasteiger partial charge in [-0.1, -0.05) is 91.3 Å². The monoisotopic (exact) mass is 330 g/mol. The summed E-state index contributed by atoms with van der Waals surface area (Å²) in [6.45, 7) is 11.1. The van der Waals surface area contributed by atoms with Crippen molar-refractivity contribution in [2.45, 2.75) is 105 Å². The second-order valence-electron chi connectivity index (χ2n) is 7.58. The normalized spacial score (nSPS) is 13.8. The number of fused-ring (bicyclic) bond motifs is 1. The molecule has 0 heterocycles. The molecule has 0 heteroatoms. The highest BCUT2D eigenvalue weighted by atomic mass is 14.2. The van der Waals surface area contributed by atoms with E-state index in [0.717, 1.165) is 11.8 Å². The Balaban J connectivity index is 0.00000139. The Bertz CT molecular complexity index is 428. The molecule has 2 rings (SSSR count). The summed E-state index contributed by atoms with van der Waals surface area (Å²) in [5, 5.41) is 0. The average Bonchev–Trinajstić information content (AvgIpc) is 2.59. The molecule has 1 aromatic rings. The molecule has 0 N–H and O–H groups in total. The van der Waals surface area contributed by atoms with Crippen LogP contribution in [0.2, 0.25) is 0 Å². The van der Waals surface area contributed by atoms with Gasteiger partial charge in [-0.25, -0.2) is 0 Å². The van der Waals surface area contributed by atoms with Crippen LogP contribution in [0.3, 0.4) is 0 Å². The lowest BCUT2D eigenvalue weighted by atomic mass is 9.86. The van der Waals surface area contributed by atoms with Gasteiger partial charge in [-0.15, -0.1) is 0 Å². The molecule has 0 aliphatic heterocycles. The van der Waals surface area contributed by atoms with Gasteiger partial charge in [0.05, 0.1) is 0 Å². The summed E-state index contributed by atoms with van der Waals surface area (Å²) in [6.07, 6.45) is 15.2. The van der Waals surface area contributed by atoms with E-state index in [0.29, 0.717) is 0 Å². The number of hydrogen-bond acceptors (Lipinski definition) is 0. The van der Waals surface area contributed by atoms with Gasteiger partial charge in [0.1, 0.15) is 0 Å². The van der Waals surface area contributed by atoms with E-state index in [9.17, 15) is 0 Å². The molecule has 0 saturated carbocycles. The number of benzene rings is 1. The third-order valence-corrected chi connectivity index (χ3v) is 5.74. The van der Waals surface area contributed by atoms with Crippen LogP contribution in [0.4, 0.5) is 0 Å². The summed E-state index contributed by atoms with van der Waals surface area (Å²) in [7, 11) is 0. The van der Waals surface area contributed by atoms with Crippen LogP contribution >= 0.6 is 0 Å². The smallest absolute Gasteiger partial charge is 0.0235 e. The fourth-order valence-electron chi connectivity index (χ4n) is 3.89. The first-order valence-electron chi connectivity index (χ1n) is 10.8. The molecular weight excluding hydrogens is 288 g/mol. The van der Waals surface area contributed by atoms with Crippen molar-refractivity contribution in [3.63, 3.8) is 0 Å². The summed E-state index contributed by atoms with van der Waals surface area (Å²) < 4.78 is 0. The van der Waals surface area contributed by atoms with Crippen molar-refractivity contribution in [1.82, 2.24) is 0 Å². The van der Waals surface area contributed by atoms with Gasteiger partial charge < -0.3 is 0 Å². The first kappa shape index (κ1) is 21.3. The van der Waals surface area contributed by atoms with E-state index in [1.54, 1.807) is 16.7 Å². The highest BCUT2D eigenvalue weighted by molar-refractivity contribution is 5.38.